The minimum atomic E-state index is -1.22. The Hall–Kier alpha value is -1.46. The Morgan fingerprint density at radius 2 is 1.63 bits per heavy atom. The van der Waals surface area contributed by atoms with E-state index >= 15 is 0 Å². The molecule has 0 aliphatic heterocycles. The molecule has 0 aromatic heterocycles. The number of thioether (sulfide) groups is 1. The van der Waals surface area contributed by atoms with Crippen LogP contribution in [-0.4, -0.2) is 70.7 Å². The molecule has 156 valence electrons. The van der Waals surface area contributed by atoms with Crippen molar-refractivity contribution in [1.29, 1.82) is 0 Å². The molecule has 4 atom stereocenters. The minimum absolute atomic E-state index is 0.0830. The van der Waals surface area contributed by atoms with Gasteiger partial charge in [-0.25, -0.2) is 4.79 Å². The van der Waals surface area contributed by atoms with E-state index in [0.29, 0.717) is 6.42 Å². The fraction of sp³-hybridized carbons (Fsp3) is 0.750. The van der Waals surface area contributed by atoms with Gasteiger partial charge >= 0.3 is 5.97 Å². The lowest BCUT2D eigenvalue weighted by Gasteiger charge is -2.25. The average molecular weight is 423 g/mol. The molecule has 0 saturated heterocycles. The lowest BCUT2D eigenvalue weighted by Crippen LogP contribution is -2.57. The van der Waals surface area contributed by atoms with Gasteiger partial charge in [0.2, 0.25) is 17.7 Å². The summed E-state index contributed by atoms with van der Waals surface area (Å²) in [4.78, 5) is 47.7. The van der Waals surface area contributed by atoms with Gasteiger partial charge in [0.25, 0.3) is 0 Å². The van der Waals surface area contributed by atoms with E-state index in [1.807, 2.05) is 6.26 Å². The molecule has 9 nitrogen and oxygen atoms in total. The lowest BCUT2D eigenvalue weighted by molar-refractivity contribution is -0.141. The fourth-order valence-corrected chi connectivity index (χ4v) is 2.76. The third kappa shape index (κ3) is 9.34. The van der Waals surface area contributed by atoms with Crippen molar-refractivity contribution in [2.45, 2.75) is 51.4 Å². The van der Waals surface area contributed by atoms with Gasteiger partial charge in [0.1, 0.15) is 18.1 Å². The van der Waals surface area contributed by atoms with Crippen molar-refractivity contribution in [1.82, 2.24) is 16.0 Å². The number of rotatable bonds is 12. The van der Waals surface area contributed by atoms with E-state index in [1.165, 1.54) is 6.92 Å². The van der Waals surface area contributed by atoms with E-state index in [0.717, 1.165) is 5.75 Å². The maximum absolute atomic E-state index is 12.5. The molecule has 4 unspecified atom stereocenters. The van der Waals surface area contributed by atoms with Crippen LogP contribution in [0.25, 0.3) is 0 Å². The maximum Gasteiger partial charge on any atom is 0.327 e. The molecular weight excluding hydrogens is 392 g/mol. The number of aliphatic carboxylic acids is 1. The van der Waals surface area contributed by atoms with E-state index in [9.17, 15) is 19.2 Å². The first kappa shape index (κ1) is 25.5. The summed E-state index contributed by atoms with van der Waals surface area (Å²) in [6.07, 6.45) is 2.39. The van der Waals surface area contributed by atoms with Gasteiger partial charge in [0.15, 0.2) is 0 Å². The van der Waals surface area contributed by atoms with Crippen LogP contribution < -0.4 is 21.7 Å². The number of hydrogen-bond donors (Lipinski definition) is 6. The Morgan fingerprint density at radius 3 is 2.07 bits per heavy atom. The molecule has 0 spiro atoms. The third-order valence-electron chi connectivity index (χ3n) is 3.77. The first-order valence-corrected chi connectivity index (χ1v) is 10.6. The predicted octanol–water partition coefficient (Wildman–Crippen LogP) is -0.788. The quantitative estimate of drug-likeness (QED) is 0.226. The van der Waals surface area contributed by atoms with E-state index in [-0.39, 0.29) is 11.7 Å². The number of carboxylic acids is 1. The standard InChI is InChI=1S/C16H30N4O5S2/c1-8(2)12(20-14(22)10(17)5-6-27-4)15(23)18-9(3)13(21)19-11(7-26)16(24)25/h8-12,26H,5-7,17H2,1-4H3,(H,18,23)(H,19,21)(H,20,22)(H,24,25). The highest BCUT2D eigenvalue weighted by Crippen LogP contribution is 2.05. The van der Waals surface area contributed by atoms with Crippen molar-refractivity contribution in [3.8, 4) is 0 Å². The van der Waals surface area contributed by atoms with Crippen molar-refractivity contribution in [2.75, 3.05) is 17.8 Å². The number of nitrogens with two attached hydrogens (primary N) is 1. The molecule has 0 fully saturated rings. The lowest BCUT2D eigenvalue weighted by atomic mass is 10.0. The number of thiol groups is 1. The van der Waals surface area contributed by atoms with Crippen molar-refractivity contribution in [2.24, 2.45) is 11.7 Å². The zero-order valence-corrected chi connectivity index (χ0v) is 17.7. The molecule has 0 rings (SSSR count). The van der Waals surface area contributed by atoms with E-state index < -0.39 is 47.9 Å². The molecule has 0 aliphatic carbocycles. The molecule has 0 radical (unpaired) electrons. The van der Waals surface area contributed by atoms with Crippen molar-refractivity contribution >= 4 is 48.1 Å². The summed E-state index contributed by atoms with van der Waals surface area (Å²) in [5.41, 5.74) is 5.82. The molecule has 27 heavy (non-hydrogen) atoms. The van der Waals surface area contributed by atoms with Gasteiger partial charge in [-0.3, -0.25) is 14.4 Å². The van der Waals surface area contributed by atoms with Crippen LogP contribution in [0.4, 0.5) is 0 Å². The average Bonchev–Trinajstić information content (AvgIpc) is 2.60. The van der Waals surface area contributed by atoms with Crippen molar-refractivity contribution < 1.29 is 24.3 Å². The Balaban J connectivity index is 4.85. The molecule has 0 aromatic rings. The minimum Gasteiger partial charge on any atom is -0.480 e. The van der Waals surface area contributed by atoms with E-state index in [4.69, 9.17) is 10.8 Å². The predicted molar refractivity (Wildman–Crippen MR) is 109 cm³/mol. The number of nitrogens with one attached hydrogen (secondary N) is 3. The zero-order valence-electron chi connectivity index (χ0n) is 16.0. The smallest absolute Gasteiger partial charge is 0.327 e. The molecule has 6 N–H and O–H groups in total. The van der Waals surface area contributed by atoms with E-state index in [1.54, 1.807) is 25.6 Å². The Morgan fingerprint density at radius 1 is 1.04 bits per heavy atom. The summed E-state index contributed by atoms with van der Waals surface area (Å²) in [6.45, 7) is 4.93. The second-order valence-corrected chi connectivity index (χ2v) is 7.78. The SMILES string of the molecule is CSCCC(N)C(=O)NC(C(=O)NC(C)C(=O)NC(CS)C(=O)O)C(C)C. The maximum atomic E-state index is 12.5. The number of carboxylic acid groups (broad SMARTS) is 1. The topological polar surface area (TPSA) is 151 Å². The summed E-state index contributed by atoms with van der Waals surface area (Å²) < 4.78 is 0. The molecular formula is C16H30N4O5S2. The molecule has 11 heteroatoms. The van der Waals surface area contributed by atoms with E-state index in [2.05, 4.69) is 28.6 Å². The Labute approximate surface area is 169 Å². The largest absolute Gasteiger partial charge is 0.480 e. The van der Waals surface area contributed by atoms with Gasteiger partial charge < -0.3 is 26.8 Å². The second-order valence-electron chi connectivity index (χ2n) is 6.43. The Kier molecular flexibility index (Phi) is 12.1. The highest BCUT2D eigenvalue weighted by molar-refractivity contribution is 7.98. The summed E-state index contributed by atoms with van der Waals surface area (Å²) in [7, 11) is 0. The van der Waals surface area contributed by atoms with Crippen LogP contribution in [0.5, 0.6) is 0 Å². The highest BCUT2D eigenvalue weighted by Gasteiger charge is 2.29. The normalized spacial score (nSPS) is 15.4. The second kappa shape index (κ2) is 12.8. The summed E-state index contributed by atoms with van der Waals surface area (Å²) in [6, 6.07) is -3.73. The number of hydrogen-bond acceptors (Lipinski definition) is 7. The van der Waals surface area contributed by atoms with Gasteiger partial charge in [-0.2, -0.15) is 24.4 Å². The van der Waals surface area contributed by atoms with Crippen LogP contribution in [0.1, 0.15) is 27.2 Å². The molecule has 0 heterocycles. The molecule has 0 aromatic carbocycles. The fourth-order valence-electron chi connectivity index (χ4n) is 2.02. The molecule has 0 saturated carbocycles. The van der Waals surface area contributed by atoms with Crippen LogP contribution in [0, 0.1) is 5.92 Å². The Bertz CT molecular complexity index is 533. The summed E-state index contributed by atoms with van der Waals surface area (Å²) in [5, 5.41) is 16.3. The van der Waals surface area contributed by atoms with Crippen molar-refractivity contribution in [3.05, 3.63) is 0 Å². The number of carbonyl (C=O) groups excluding carboxylic acids is 3. The molecule has 0 aliphatic rings. The van der Waals surface area contributed by atoms with Crippen LogP contribution in [-0.2, 0) is 19.2 Å². The molecule has 0 bridgehead atoms. The van der Waals surface area contributed by atoms with Crippen molar-refractivity contribution in [3.63, 3.8) is 0 Å². The van der Waals surface area contributed by atoms with Crippen LogP contribution >= 0.6 is 24.4 Å². The van der Waals surface area contributed by atoms with Gasteiger partial charge in [0, 0.05) is 5.75 Å². The highest BCUT2D eigenvalue weighted by atomic mass is 32.2. The molecule has 3 amide bonds. The van der Waals surface area contributed by atoms with Crippen LogP contribution in [0.3, 0.4) is 0 Å². The van der Waals surface area contributed by atoms with Gasteiger partial charge in [-0.05, 0) is 31.3 Å². The number of carbonyl (C=O) groups is 4. The van der Waals surface area contributed by atoms with Gasteiger partial charge in [-0.15, -0.1) is 0 Å². The number of amides is 3. The monoisotopic (exact) mass is 422 g/mol. The van der Waals surface area contributed by atoms with Crippen LogP contribution in [0.15, 0.2) is 0 Å². The first-order chi connectivity index (χ1) is 12.5. The summed E-state index contributed by atoms with van der Waals surface area (Å²) in [5.74, 6) is -2.45. The zero-order chi connectivity index (χ0) is 21.1. The van der Waals surface area contributed by atoms with Gasteiger partial charge in [0.05, 0.1) is 6.04 Å². The van der Waals surface area contributed by atoms with Gasteiger partial charge in [-0.1, -0.05) is 13.8 Å². The third-order valence-corrected chi connectivity index (χ3v) is 4.77. The summed E-state index contributed by atoms with van der Waals surface area (Å²) >= 11 is 5.43. The first-order valence-electron chi connectivity index (χ1n) is 8.54. The van der Waals surface area contributed by atoms with Crippen LogP contribution in [0.2, 0.25) is 0 Å².